The summed E-state index contributed by atoms with van der Waals surface area (Å²) in [4.78, 5) is 26.6. The molecule has 0 radical (unpaired) electrons. The molecule has 1 amide bonds. The minimum Gasteiger partial charge on any atom is -0.411 e. The van der Waals surface area contributed by atoms with Gasteiger partial charge in [0.25, 0.3) is 11.5 Å². The normalized spacial score (nSPS) is 13.8. The molecule has 0 aliphatic heterocycles. The summed E-state index contributed by atoms with van der Waals surface area (Å²) in [5.41, 5.74) is 3.95. The number of nitrogens with one attached hydrogen (secondary N) is 2. The van der Waals surface area contributed by atoms with Gasteiger partial charge in [0.05, 0.1) is 12.3 Å². The van der Waals surface area contributed by atoms with Crippen LogP contribution in [0.1, 0.15) is 50.5 Å². The van der Waals surface area contributed by atoms with Crippen LogP contribution in [-0.2, 0) is 0 Å². The smallest absolute Gasteiger partial charge is 0.411 e. The van der Waals surface area contributed by atoms with Crippen molar-refractivity contribution in [1.29, 1.82) is 0 Å². The van der Waals surface area contributed by atoms with Crippen molar-refractivity contribution in [2.45, 2.75) is 38.5 Å². The topological polar surface area (TPSA) is 115 Å². The predicted octanol–water partition coefficient (Wildman–Crippen LogP) is 4.05. The second-order valence-electron chi connectivity index (χ2n) is 8.45. The largest absolute Gasteiger partial charge is 0.416 e. The molecule has 4 N–H and O–H groups in total. The van der Waals surface area contributed by atoms with Gasteiger partial charge in [-0.1, -0.05) is 41.6 Å². The third-order valence-corrected chi connectivity index (χ3v) is 5.91. The number of benzene rings is 2. The molecule has 0 spiro atoms. The third kappa shape index (κ3) is 6.39. The lowest BCUT2D eigenvalue weighted by atomic mass is 9.83. The van der Waals surface area contributed by atoms with Crippen LogP contribution in [0.2, 0.25) is 0 Å². The van der Waals surface area contributed by atoms with E-state index < -0.39 is 24.7 Å². The SMILES string of the molecule is Cc1ccccc1C(C/C(=N\O)c1c[nH]c(=O)c(C)c1)c1ccc(C(=O)NCC(O)C(F)(F)F)cc1. The van der Waals surface area contributed by atoms with Crippen molar-refractivity contribution >= 4 is 11.6 Å². The van der Waals surface area contributed by atoms with E-state index in [9.17, 15) is 28.0 Å². The number of nitrogens with zero attached hydrogens (tertiary/aromatic N) is 1. The summed E-state index contributed by atoms with van der Waals surface area (Å²) in [7, 11) is 0. The van der Waals surface area contributed by atoms with Gasteiger partial charge in [-0.25, -0.2) is 0 Å². The van der Waals surface area contributed by atoms with Crippen LogP contribution in [0.15, 0.2) is 70.7 Å². The van der Waals surface area contributed by atoms with E-state index in [0.717, 1.165) is 16.7 Å². The Kier molecular flexibility index (Phi) is 8.31. The van der Waals surface area contributed by atoms with Crippen molar-refractivity contribution in [3.05, 3.63) is 105 Å². The lowest BCUT2D eigenvalue weighted by Gasteiger charge is -2.21. The Balaban J connectivity index is 1.89. The van der Waals surface area contributed by atoms with Gasteiger partial charge in [-0.15, -0.1) is 0 Å². The van der Waals surface area contributed by atoms with E-state index in [-0.39, 0.29) is 23.5 Å². The molecule has 0 aliphatic rings. The number of aliphatic hydroxyl groups excluding tert-OH is 1. The lowest BCUT2D eigenvalue weighted by molar-refractivity contribution is -0.201. The maximum atomic E-state index is 12.5. The molecule has 3 aromatic rings. The highest BCUT2D eigenvalue weighted by Gasteiger charge is 2.38. The first kappa shape index (κ1) is 26.7. The van der Waals surface area contributed by atoms with Crippen LogP contribution < -0.4 is 10.9 Å². The van der Waals surface area contributed by atoms with Crippen LogP contribution in [0.5, 0.6) is 0 Å². The average Bonchev–Trinajstić information content (AvgIpc) is 2.85. The zero-order chi connectivity index (χ0) is 26.5. The van der Waals surface area contributed by atoms with E-state index in [1.54, 1.807) is 25.1 Å². The Morgan fingerprint density at radius 2 is 1.72 bits per heavy atom. The number of oxime groups is 1. The van der Waals surface area contributed by atoms with Crippen LogP contribution in [0.25, 0.3) is 0 Å². The van der Waals surface area contributed by atoms with Crippen molar-refractivity contribution < 1.29 is 28.3 Å². The Morgan fingerprint density at radius 3 is 2.31 bits per heavy atom. The van der Waals surface area contributed by atoms with Gasteiger partial charge in [0, 0.05) is 35.2 Å². The number of aryl methyl sites for hydroxylation is 2. The number of alkyl halides is 3. The van der Waals surface area contributed by atoms with Gasteiger partial charge < -0.3 is 20.6 Å². The zero-order valence-corrected chi connectivity index (χ0v) is 19.6. The number of carbonyl (C=O) groups excluding carboxylic acids is 1. The van der Waals surface area contributed by atoms with Gasteiger partial charge in [0.2, 0.25) is 0 Å². The Morgan fingerprint density at radius 1 is 1.06 bits per heavy atom. The molecule has 0 aliphatic carbocycles. The maximum absolute atomic E-state index is 12.5. The molecule has 10 heteroatoms. The molecule has 190 valence electrons. The fourth-order valence-corrected chi connectivity index (χ4v) is 3.83. The van der Waals surface area contributed by atoms with Crippen molar-refractivity contribution in [1.82, 2.24) is 10.3 Å². The molecule has 0 saturated heterocycles. The summed E-state index contributed by atoms with van der Waals surface area (Å²) >= 11 is 0. The summed E-state index contributed by atoms with van der Waals surface area (Å²) in [6, 6.07) is 15.6. The van der Waals surface area contributed by atoms with E-state index >= 15 is 0 Å². The number of pyridine rings is 1. The van der Waals surface area contributed by atoms with E-state index in [1.165, 1.54) is 18.3 Å². The summed E-state index contributed by atoms with van der Waals surface area (Å²) in [5, 5.41) is 24.4. The summed E-state index contributed by atoms with van der Waals surface area (Å²) in [6.07, 6.45) is -5.74. The average molecular weight is 502 g/mol. The Hall–Kier alpha value is -3.92. The molecule has 0 bridgehead atoms. The molecular formula is C26H26F3N3O4. The van der Waals surface area contributed by atoms with Crippen LogP contribution in [0, 0.1) is 13.8 Å². The number of aromatic nitrogens is 1. The van der Waals surface area contributed by atoms with Crippen LogP contribution >= 0.6 is 0 Å². The van der Waals surface area contributed by atoms with Crippen molar-refractivity contribution in [2.24, 2.45) is 5.16 Å². The van der Waals surface area contributed by atoms with Crippen LogP contribution in [0.3, 0.4) is 0 Å². The van der Waals surface area contributed by atoms with Gasteiger partial charge in [-0.2, -0.15) is 13.2 Å². The molecule has 0 saturated carbocycles. The minimum absolute atomic E-state index is 0.129. The number of aliphatic hydroxyl groups is 1. The van der Waals surface area contributed by atoms with Gasteiger partial charge in [-0.05, 0) is 48.7 Å². The fourth-order valence-electron chi connectivity index (χ4n) is 3.83. The van der Waals surface area contributed by atoms with Gasteiger partial charge in [0.15, 0.2) is 6.10 Å². The highest BCUT2D eigenvalue weighted by Crippen LogP contribution is 2.32. The number of carbonyl (C=O) groups is 1. The molecule has 0 fully saturated rings. The molecule has 7 nitrogen and oxygen atoms in total. The first-order valence-corrected chi connectivity index (χ1v) is 11.1. The predicted molar refractivity (Wildman–Crippen MR) is 129 cm³/mol. The first-order chi connectivity index (χ1) is 17.0. The number of hydrogen-bond acceptors (Lipinski definition) is 5. The van der Waals surface area contributed by atoms with Crippen molar-refractivity contribution in [2.75, 3.05) is 6.54 Å². The highest BCUT2D eigenvalue weighted by atomic mass is 19.4. The molecular weight excluding hydrogens is 475 g/mol. The highest BCUT2D eigenvalue weighted by molar-refractivity contribution is 6.00. The molecule has 1 aromatic heterocycles. The number of H-pyrrole nitrogens is 1. The second-order valence-corrected chi connectivity index (χ2v) is 8.45. The molecule has 2 atom stereocenters. The minimum atomic E-state index is -4.83. The van der Waals surface area contributed by atoms with Gasteiger partial charge in [-0.3, -0.25) is 9.59 Å². The number of aromatic amines is 1. The number of amides is 1. The molecule has 2 aromatic carbocycles. The Labute approximate surface area is 205 Å². The fraction of sp³-hybridized carbons (Fsp3) is 0.269. The summed E-state index contributed by atoms with van der Waals surface area (Å²) in [5.74, 6) is -1.05. The van der Waals surface area contributed by atoms with E-state index in [4.69, 9.17) is 5.11 Å². The lowest BCUT2D eigenvalue weighted by Crippen LogP contribution is -2.40. The van der Waals surface area contributed by atoms with Crippen molar-refractivity contribution in [3.63, 3.8) is 0 Å². The van der Waals surface area contributed by atoms with Gasteiger partial charge >= 0.3 is 6.18 Å². The zero-order valence-electron chi connectivity index (χ0n) is 19.6. The van der Waals surface area contributed by atoms with E-state index in [2.05, 4.69) is 15.5 Å². The quantitative estimate of drug-likeness (QED) is 0.212. The Bertz CT molecular complexity index is 1300. The molecule has 2 unspecified atom stereocenters. The van der Waals surface area contributed by atoms with Crippen LogP contribution in [0.4, 0.5) is 13.2 Å². The van der Waals surface area contributed by atoms with Crippen molar-refractivity contribution in [3.8, 4) is 0 Å². The van der Waals surface area contributed by atoms with E-state index in [0.29, 0.717) is 16.8 Å². The number of hydrogen-bond donors (Lipinski definition) is 4. The first-order valence-electron chi connectivity index (χ1n) is 11.1. The second kappa shape index (κ2) is 11.2. The maximum Gasteiger partial charge on any atom is 0.416 e. The standard InChI is InChI=1S/C26H26F3N3O4/c1-15-5-3-4-6-20(15)21(12-22(32-36)19-11-16(2)24(34)30-13-19)17-7-9-18(10-8-17)25(35)31-14-23(33)26(27,28)29/h3-11,13,21,23,33,36H,12,14H2,1-2H3,(H,30,34)(H,31,35)/b32-22+. The summed E-state index contributed by atoms with van der Waals surface area (Å²) < 4.78 is 37.5. The number of rotatable bonds is 8. The summed E-state index contributed by atoms with van der Waals surface area (Å²) in [6.45, 7) is 2.63. The van der Waals surface area contributed by atoms with Crippen LogP contribution in [-0.4, -0.2) is 45.7 Å². The molecule has 36 heavy (non-hydrogen) atoms. The molecule has 3 rings (SSSR count). The van der Waals surface area contributed by atoms with Gasteiger partial charge in [0.1, 0.15) is 0 Å². The molecule has 1 heterocycles. The third-order valence-electron chi connectivity index (χ3n) is 5.91. The number of halogens is 3. The van der Waals surface area contributed by atoms with E-state index in [1.807, 2.05) is 31.2 Å². The monoisotopic (exact) mass is 501 g/mol.